The highest BCUT2D eigenvalue weighted by Gasteiger charge is 2.43. The zero-order valence-electron chi connectivity index (χ0n) is 10.6. The molecule has 0 saturated heterocycles. The molecule has 5 heteroatoms. The first-order valence-electron chi connectivity index (χ1n) is 6.22. The lowest BCUT2D eigenvalue weighted by atomic mass is 9.77. The van der Waals surface area contributed by atoms with Crippen molar-refractivity contribution in [2.75, 3.05) is 6.26 Å². The lowest BCUT2D eigenvalue weighted by molar-refractivity contribution is -0.127. The molecule has 1 fully saturated rings. The quantitative estimate of drug-likeness (QED) is 0.719. The molecule has 0 aromatic heterocycles. The van der Waals surface area contributed by atoms with Crippen LogP contribution in [0.2, 0.25) is 0 Å². The third-order valence-corrected chi connectivity index (χ3v) is 5.62. The molecule has 2 aliphatic rings. The molecule has 100 valence electrons. The Morgan fingerprint density at radius 3 is 2.22 bits per heavy atom. The number of rotatable bonds is 4. The minimum Gasteiger partial charge on any atom is -0.300 e. The van der Waals surface area contributed by atoms with Crippen molar-refractivity contribution in [1.29, 1.82) is 0 Å². The molecule has 18 heavy (non-hydrogen) atoms. The van der Waals surface area contributed by atoms with Gasteiger partial charge in [-0.05, 0) is 26.2 Å². The number of Topliss-reactive ketones (excluding diaryl/α,β-unsaturated/α-hetero) is 2. The van der Waals surface area contributed by atoms with E-state index in [1.165, 1.54) is 13.2 Å². The van der Waals surface area contributed by atoms with Gasteiger partial charge in [0, 0.05) is 18.1 Å². The van der Waals surface area contributed by atoms with Crippen LogP contribution in [-0.4, -0.2) is 31.5 Å². The second kappa shape index (κ2) is 4.61. The molecule has 0 N–H and O–H groups in total. The smallest absolute Gasteiger partial charge is 0.151 e. The monoisotopic (exact) mass is 270 g/mol. The molecule has 0 radical (unpaired) electrons. The van der Waals surface area contributed by atoms with Crippen molar-refractivity contribution in [3.8, 4) is 0 Å². The van der Waals surface area contributed by atoms with E-state index in [1.54, 1.807) is 12.2 Å². The Balaban J connectivity index is 2.19. The van der Waals surface area contributed by atoms with Gasteiger partial charge in [0.15, 0.2) is 9.84 Å². The second-order valence-electron chi connectivity index (χ2n) is 5.41. The van der Waals surface area contributed by atoms with Crippen molar-refractivity contribution in [1.82, 2.24) is 0 Å². The topological polar surface area (TPSA) is 68.3 Å². The van der Waals surface area contributed by atoms with Crippen molar-refractivity contribution in [2.45, 2.75) is 31.4 Å². The van der Waals surface area contributed by atoms with E-state index in [4.69, 9.17) is 0 Å². The molecular formula is C13H18O4S. The summed E-state index contributed by atoms with van der Waals surface area (Å²) in [6.07, 6.45) is 6.19. The summed E-state index contributed by atoms with van der Waals surface area (Å²) in [5, 5.41) is -0.685. The van der Waals surface area contributed by atoms with Crippen LogP contribution in [0.15, 0.2) is 12.2 Å². The first kappa shape index (κ1) is 13.5. The van der Waals surface area contributed by atoms with Crippen LogP contribution in [0.5, 0.6) is 0 Å². The van der Waals surface area contributed by atoms with Gasteiger partial charge in [0.05, 0.1) is 11.2 Å². The molecule has 0 bridgehead atoms. The minimum atomic E-state index is -3.29. The molecule has 0 spiro atoms. The van der Waals surface area contributed by atoms with Crippen molar-refractivity contribution < 1.29 is 18.0 Å². The fourth-order valence-electron chi connectivity index (χ4n) is 2.79. The van der Waals surface area contributed by atoms with E-state index < -0.39 is 21.0 Å². The molecule has 0 heterocycles. The van der Waals surface area contributed by atoms with Crippen LogP contribution in [-0.2, 0) is 19.4 Å². The van der Waals surface area contributed by atoms with Crippen LogP contribution < -0.4 is 0 Å². The normalized spacial score (nSPS) is 32.2. The molecule has 2 rings (SSSR count). The van der Waals surface area contributed by atoms with Gasteiger partial charge in [-0.1, -0.05) is 12.2 Å². The maximum atomic E-state index is 12.1. The van der Waals surface area contributed by atoms with E-state index in [0.29, 0.717) is 19.3 Å². The van der Waals surface area contributed by atoms with Crippen molar-refractivity contribution in [3.63, 3.8) is 0 Å². The number of hydrogen-bond acceptors (Lipinski definition) is 4. The average molecular weight is 270 g/mol. The molecule has 0 aromatic carbocycles. The number of sulfone groups is 1. The van der Waals surface area contributed by atoms with Crippen LogP contribution >= 0.6 is 0 Å². The van der Waals surface area contributed by atoms with Gasteiger partial charge >= 0.3 is 0 Å². The number of carbonyl (C=O) groups excluding carboxylic acids is 2. The molecule has 0 amide bonds. The standard InChI is InChI=1S/C13H18O4S/c1-8(14)10-5-6-11(13(15)9-3-4-9)12(7-10)18(2,16)17/h3-4,9-12H,5-7H2,1-2H3. The Labute approximate surface area is 107 Å². The number of carbonyl (C=O) groups is 2. The largest absolute Gasteiger partial charge is 0.300 e. The van der Waals surface area contributed by atoms with Crippen molar-refractivity contribution in [3.05, 3.63) is 12.2 Å². The van der Waals surface area contributed by atoms with Gasteiger partial charge in [0.1, 0.15) is 11.6 Å². The van der Waals surface area contributed by atoms with Crippen molar-refractivity contribution >= 4 is 21.4 Å². The Kier molecular flexibility index (Phi) is 3.45. The predicted molar refractivity (Wildman–Crippen MR) is 67.8 cm³/mol. The zero-order chi connectivity index (χ0) is 13.5. The Morgan fingerprint density at radius 2 is 1.78 bits per heavy atom. The van der Waals surface area contributed by atoms with Gasteiger partial charge in [-0.15, -0.1) is 0 Å². The molecule has 2 aliphatic carbocycles. The summed E-state index contributed by atoms with van der Waals surface area (Å²) in [7, 11) is -3.29. The van der Waals surface area contributed by atoms with Gasteiger partial charge in [-0.25, -0.2) is 8.42 Å². The van der Waals surface area contributed by atoms with E-state index in [-0.39, 0.29) is 23.4 Å². The van der Waals surface area contributed by atoms with Gasteiger partial charge in [-0.2, -0.15) is 0 Å². The third-order valence-electron chi connectivity index (χ3n) is 4.00. The van der Waals surface area contributed by atoms with Crippen LogP contribution in [0, 0.1) is 17.8 Å². The summed E-state index contributed by atoms with van der Waals surface area (Å²) in [4.78, 5) is 23.5. The fraction of sp³-hybridized carbons (Fsp3) is 0.692. The molecule has 3 unspecified atom stereocenters. The van der Waals surface area contributed by atoms with Crippen LogP contribution in [0.25, 0.3) is 0 Å². The highest BCUT2D eigenvalue weighted by atomic mass is 32.2. The summed E-state index contributed by atoms with van der Waals surface area (Å²) >= 11 is 0. The Bertz CT molecular complexity index is 497. The maximum absolute atomic E-state index is 12.1. The predicted octanol–water partition coefficient (Wildman–Crippen LogP) is 1.16. The molecule has 4 nitrogen and oxygen atoms in total. The van der Waals surface area contributed by atoms with Gasteiger partial charge < -0.3 is 0 Å². The Hall–Kier alpha value is -0.970. The minimum absolute atomic E-state index is 0.00688. The number of ketones is 2. The van der Waals surface area contributed by atoms with Crippen LogP contribution in [0.4, 0.5) is 0 Å². The van der Waals surface area contributed by atoms with E-state index in [0.717, 1.165) is 0 Å². The average Bonchev–Trinajstić information content (AvgIpc) is 3.09. The highest BCUT2D eigenvalue weighted by molar-refractivity contribution is 7.91. The third kappa shape index (κ3) is 2.71. The fourth-order valence-corrected chi connectivity index (χ4v) is 4.24. The number of allylic oxidation sites excluding steroid dienone is 2. The molecule has 0 aromatic rings. The first-order valence-corrected chi connectivity index (χ1v) is 8.17. The summed E-state index contributed by atoms with van der Waals surface area (Å²) in [6, 6.07) is 0. The molecular weight excluding hydrogens is 252 g/mol. The molecule has 3 atom stereocenters. The maximum Gasteiger partial charge on any atom is 0.151 e. The SMILES string of the molecule is CC(=O)C1CCC(C(=O)C2C=C2)C(S(C)(=O)=O)C1. The van der Waals surface area contributed by atoms with Crippen molar-refractivity contribution in [2.24, 2.45) is 17.8 Å². The zero-order valence-corrected chi connectivity index (χ0v) is 11.4. The lowest BCUT2D eigenvalue weighted by Crippen LogP contribution is -2.41. The van der Waals surface area contributed by atoms with Gasteiger partial charge in [0.25, 0.3) is 0 Å². The van der Waals surface area contributed by atoms with E-state index in [1.807, 2.05) is 0 Å². The number of hydrogen-bond donors (Lipinski definition) is 0. The Morgan fingerprint density at radius 1 is 1.17 bits per heavy atom. The second-order valence-corrected chi connectivity index (χ2v) is 7.67. The van der Waals surface area contributed by atoms with Gasteiger partial charge in [-0.3, -0.25) is 9.59 Å². The summed E-state index contributed by atoms with van der Waals surface area (Å²) in [5.74, 6) is -0.767. The van der Waals surface area contributed by atoms with E-state index >= 15 is 0 Å². The summed E-state index contributed by atoms with van der Waals surface area (Å²) < 4.78 is 23.7. The first-order chi connectivity index (χ1) is 8.30. The summed E-state index contributed by atoms with van der Waals surface area (Å²) in [5.41, 5.74) is 0. The lowest BCUT2D eigenvalue weighted by Gasteiger charge is -2.33. The summed E-state index contributed by atoms with van der Waals surface area (Å²) in [6.45, 7) is 1.49. The molecule has 1 saturated carbocycles. The van der Waals surface area contributed by atoms with Crippen LogP contribution in [0.3, 0.4) is 0 Å². The van der Waals surface area contributed by atoms with Gasteiger partial charge in [0.2, 0.25) is 0 Å². The van der Waals surface area contributed by atoms with E-state index in [9.17, 15) is 18.0 Å². The van der Waals surface area contributed by atoms with E-state index in [2.05, 4.69) is 0 Å². The highest BCUT2D eigenvalue weighted by Crippen LogP contribution is 2.37. The van der Waals surface area contributed by atoms with Crippen LogP contribution in [0.1, 0.15) is 26.2 Å². The molecule has 0 aliphatic heterocycles.